The quantitative estimate of drug-likeness (QED) is 0.818. The summed E-state index contributed by atoms with van der Waals surface area (Å²) in [7, 11) is 0. The van der Waals surface area contributed by atoms with Crippen LogP contribution in [0.2, 0.25) is 0 Å². The van der Waals surface area contributed by atoms with E-state index in [0.717, 1.165) is 15.4 Å². The van der Waals surface area contributed by atoms with E-state index in [-0.39, 0.29) is 6.04 Å². The molecule has 0 spiro atoms. The SMILES string of the molecule is Cc1cc(C(N)Cc2cc(Br)cs2)ccc1Br. The average Bonchev–Trinajstić information content (AvgIpc) is 2.68. The predicted molar refractivity (Wildman–Crippen MR) is 81.5 cm³/mol. The van der Waals surface area contributed by atoms with Gasteiger partial charge < -0.3 is 5.73 Å². The second kappa shape index (κ2) is 5.65. The van der Waals surface area contributed by atoms with Crippen LogP contribution >= 0.6 is 43.2 Å². The van der Waals surface area contributed by atoms with Crippen LogP contribution < -0.4 is 5.73 Å². The van der Waals surface area contributed by atoms with E-state index in [2.05, 4.69) is 68.4 Å². The van der Waals surface area contributed by atoms with Crippen molar-refractivity contribution >= 4 is 43.2 Å². The minimum atomic E-state index is 0.0624. The van der Waals surface area contributed by atoms with Gasteiger partial charge >= 0.3 is 0 Å². The number of hydrogen-bond donors (Lipinski definition) is 1. The molecule has 2 rings (SSSR count). The van der Waals surface area contributed by atoms with Crippen molar-refractivity contribution in [3.8, 4) is 0 Å². The van der Waals surface area contributed by atoms with E-state index in [1.165, 1.54) is 16.0 Å². The summed E-state index contributed by atoms with van der Waals surface area (Å²) in [6.07, 6.45) is 0.886. The smallest absolute Gasteiger partial charge is 0.0343 e. The summed E-state index contributed by atoms with van der Waals surface area (Å²) in [6.45, 7) is 2.09. The lowest BCUT2D eigenvalue weighted by molar-refractivity contribution is 0.729. The fourth-order valence-corrected chi connectivity index (χ4v) is 3.45. The second-order valence-corrected chi connectivity index (χ2v) is 6.82. The zero-order chi connectivity index (χ0) is 12.4. The largest absolute Gasteiger partial charge is 0.324 e. The first kappa shape index (κ1) is 13.3. The number of thiophene rings is 1. The molecule has 1 unspecified atom stereocenters. The van der Waals surface area contributed by atoms with Gasteiger partial charge in [0.05, 0.1) is 0 Å². The third-order valence-corrected chi connectivity index (χ3v) is 5.26. The normalized spacial score (nSPS) is 12.7. The van der Waals surface area contributed by atoms with Crippen LogP contribution in [0.3, 0.4) is 0 Å². The Kier molecular flexibility index (Phi) is 4.42. The Bertz CT molecular complexity index is 522. The number of aryl methyl sites for hydroxylation is 1. The maximum atomic E-state index is 6.23. The first-order chi connectivity index (χ1) is 8.06. The van der Waals surface area contributed by atoms with E-state index >= 15 is 0 Å². The molecule has 1 nitrogen and oxygen atoms in total. The highest BCUT2D eigenvalue weighted by molar-refractivity contribution is 9.10. The molecule has 0 aliphatic heterocycles. The van der Waals surface area contributed by atoms with Crippen LogP contribution in [0, 0.1) is 6.92 Å². The van der Waals surface area contributed by atoms with Crippen molar-refractivity contribution in [2.24, 2.45) is 5.73 Å². The van der Waals surface area contributed by atoms with Crippen molar-refractivity contribution < 1.29 is 0 Å². The molecule has 0 saturated carbocycles. The zero-order valence-electron chi connectivity index (χ0n) is 9.41. The lowest BCUT2D eigenvalue weighted by Gasteiger charge is -2.12. The van der Waals surface area contributed by atoms with Crippen molar-refractivity contribution in [2.45, 2.75) is 19.4 Å². The highest BCUT2D eigenvalue weighted by Crippen LogP contribution is 2.26. The third-order valence-electron chi connectivity index (χ3n) is 2.65. The first-order valence-electron chi connectivity index (χ1n) is 5.31. The van der Waals surface area contributed by atoms with E-state index in [0.29, 0.717) is 0 Å². The minimum Gasteiger partial charge on any atom is -0.324 e. The summed E-state index contributed by atoms with van der Waals surface area (Å²) >= 11 is 8.71. The maximum absolute atomic E-state index is 6.23. The summed E-state index contributed by atoms with van der Waals surface area (Å²) in [5.74, 6) is 0. The van der Waals surface area contributed by atoms with Gasteiger partial charge in [0.1, 0.15) is 0 Å². The number of benzene rings is 1. The van der Waals surface area contributed by atoms with Gasteiger partial charge in [0.25, 0.3) is 0 Å². The molecule has 1 atom stereocenters. The van der Waals surface area contributed by atoms with Crippen LogP contribution in [0.4, 0.5) is 0 Å². The summed E-state index contributed by atoms with van der Waals surface area (Å²) < 4.78 is 2.27. The molecule has 0 amide bonds. The molecule has 1 heterocycles. The molecule has 0 radical (unpaired) electrons. The van der Waals surface area contributed by atoms with Crippen molar-refractivity contribution in [2.75, 3.05) is 0 Å². The molecule has 17 heavy (non-hydrogen) atoms. The molecule has 1 aromatic carbocycles. The molecule has 4 heteroatoms. The molecule has 1 aromatic heterocycles. The van der Waals surface area contributed by atoms with Crippen molar-refractivity contribution in [3.05, 3.63) is 54.6 Å². The maximum Gasteiger partial charge on any atom is 0.0343 e. The number of nitrogens with two attached hydrogens (primary N) is 1. The lowest BCUT2D eigenvalue weighted by Crippen LogP contribution is -2.12. The molecular weight excluding hydrogens is 362 g/mol. The lowest BCUT2D eigenvalue weighted by atomic mass is 10.0. The van der Waals surface area contributed by atoms with Gasteiger partial charge in [-0.1, -0.05) is 28.1 Å². The summed E-state index contributed by atoms with van der Waals surface area (Å²) in [5, 5.41) is 2.09. The number of hydrogen-bond acceptors (Lipinski definition) is 2. The summed E-state index contributed by atoms with van der Waals surface area (Å²) in [4.78, 5) is 1.31. The summed E-state index contributed by atoms with van der Waals surface area (Å²) in [6, 6.07) is 8.50. The van der Waals surface area contributed by atoms with Crippen LogP contribution in [0.15, 0.2) is 38.6 Å². The molecule has 0 fully saturated rings. The van der Waals surface area contributed by atoms with Crippen LogP contribution in [-0.2, 0) is 6.42 Å². The topological polar surface area (TPSA) is 26.0 Å². The highest BCUT2D eigenvalue weighted by atomic mass is 79.9. The molecular formula is C13H13Br2NS. The Morgan fingerprint density at radius 1 is 1.29 bits per heavy atom. The Morgan fingerprint density at radius 2 is 2.06 bits per heavy atom. The first-order valence-corrected chi connectivity index (χ1v) is 7.77. The van der Waals surface area contributed by atoms with Crippen LogP contribution in [-0.4, -0.2) is 0 Å². The van der Waals surface area contributed by atoms with Crippen LogP contribution in [0.25, 0.3) is 0 Å². The molecule has 0 saturated heterocycles. The van der Waals surface area contributed by atoms with E-state index in [1.807, 2.05) is 0 Å². The zero-order valence-corrected chi connectivity index (χ0v) is 13.4. The number of rotatable bonds is 3. The fourth-order valence-electron chi connectivity index (χ4n) is 1.69. The Morgan fingerprint density at radius 3 is 2.65 bits per heavy atom. The Balaban J connectivity index is 2.14. The molecule has 0 bridgehead atoms. The second-order valence-electron chi connectivity index (χ2n) is 4.05. The molecule has 0 aliphatic carbocycles. The minimum absolute atomic E-state index is 0.0624. The van der Waals surface area contributed by atoms with Crippen LogP contribution in [0.1, 0.15) is 22.0 Å². The highest BCUT2D eigenvalue weighted by Gasteiger charge is 2.09. The molecule has 2 aromatic rings. The van der Waals surface area contributed by atoms with Gasteiger partial charge in [0, 0.05) is 31.7 Å². The van der Waals surface area contributed by atoms with Gasteiger partial charge in [0.2, 0.25) is 0 Å². The predicted octanol–water partition coefficient (Wildman–Crippen LogP) is 4.82. The third kappa shape index (κ3) is 3.41. The van der Waals surface area contributed by atoms with E-state index < -0.39 is 0 Å². The summed E-state index contributed by atoms with van der Waals surface area (Å²) in [5.41, 5.74) is 8.65. The molecule has 2 N–H and O–H groups in total. The van der Waals surface area contributed by atoms with Crippen molar-refractivity contribution in [1.29, 1.82) is 0 Å². The standard InChI is InChI=1S/C13H13Br2NS/c1-8-4-9(2-3-12(8)15)13(16)6-11-5-10(14)7-17-11/h2-5,7,13H,6,16H2,1H3. The van der Waals surface area contributed by atoms with E-state index in [9.17, 15) is 0 Å². The fraction of sp³-hybridized carbons (Fsp3) is 0.231. The van der Waals surface area contributed by atoms with Gasteiger partial charge in [-0.05, 0) is 46.1 Å². The molecule has 0 aliphatic rings. The van der Waals surface area contributed by atoms with Gasteiger partial charge in [-0.2, -0.15) is 0 Å². The van der Waals surface area contributed by atoms with E-state index in [4.69, 9.17) is 5.73 Å². The van der Waals surface area contributed by atoms with E-state index in [1.54, 1.807) is 11.3 Å². The Labute approximate surface area is 122 Å². The monoisotopic (exact) mass is 373 g/mol. The van der Waals surface area contributed by atoms with Gasteiger partial charge in [-0.3, -0.25) is 0 Å². The van der Waals surface area contributed by atoms with Crippen LogP contribution in [0.5, 0.6) is 0 Å². The van der Waals surface area contributed by atoms with Crippen molar-refractivity contribution in [3.63, 3.8) is 0 Å². The average molecular weight is 375 g/mol. The van der Waals surface area contributed by atoms with Crippen molar-refractivity contribution in [1.82, 2.24) is 0 Å². The van der Waals surface area contributed by atoms with Gasteiger partial charge in [-0.15, -0.1) is 11.3 Å². The van der Waals surface area contributed by atoms with Gasteiger partial charge in [-0.25, -0.2) is 0 Å². The molecule has 90 valence electrons. The van der Waals surface area contributed by atoms with Gasteiger partial charge in [0.15, 0.2) is 0 Å². The Hall–Kier alpha value is -0.160. The number of halogens is 2.